The Hall–Kier alpha value is -1.50. The Kier molecular flexibility index (Phi) is 4.47. The number of amides is 1. The van der Waals surface area contributed by atoms with Crippen molar-refractivity contribution >= 4 is 34.2 Å². The van der Waals surface area contributed by atoms with Gasteiger partial charge in [0.05, 0.1) is 6.54 Å². The van der Waals surface area contributed by atoms with Gasteiger partial charge in [-0.2, -0.15) is 0 Å². The summed E-state index contributed by atoms with van der Waals surface area (Å²) < 4.78 is 6.35. The molecule has 2 N–H and O–H groups in total. The van der Waals surface area contributed by atoms with Crippen molar-refractivity contribution in [2.45, 2.75) is 13.5 Å². The molecule has 0 fully saturated rings. The van der Waals surface area contributed by atoms with E-state index < -0.39 is 0 Å². The highest BCUT2D eigenvalue weighted by molar-refractivity contribution is 14.1. The number of carbonyl (C=O) groups is 1. The van der Waals surface area contributed by atoms with E-state index in [0.717, 1.165) is 20.8 Å². The summed E-state index contributed by atoms with van der Waals surface area (Å²) in [7, 11) is 1.63. The van der Waals surface area contributed by atoms with Gasteiger partial charge in [0, 0.05) is 18.3 Å². The first-order valence-electron chi connectivity index (χ1n) is 5.91. The molecule has 19 heavy (non-hydrogen) atoms. The number of furan rings is 1. The Morgan fingerprint density at radius 1 is 1.32 bits per heavy atom. The molecular formula is C14H15IN2O2. The fourth-order valence-corrected chi connectivity index (χ4v) is 2.30. The van der Waals surface area contributed by atoms with Crippen LogP contribution in [0.2, 0.25) is 0 Å². The van der Waals surface area contributed by atoms with Crippen molar-refractivity contribution in [1.82, 2.24) is 5.32 Å². The highest BCUT2D eigenvalue weighted by atomic mass is 127. The van der Waals surface area contributed by atoms with Gasteiger partial charge in [-0.25, -0.2) is 0 Å². The van der Waals surface area contributed by atoms with Gasteiger partial charge in [-0.1, -0.05) is 6.07 Å². The van der Waals surface area contributed by atoms with E-state index in [9.17, 15) is 4.79 Å². The zero-order valence-electron chi connectivity index (χ0n) is 10.8. The number of halogens is 1. The molecule has 100 valence electrons. The highest BCUT2D eigenvalue weighted by Crippen LogP contribution is 2.20. The Bertz CT molecular complexity index is 593. The van der Waals surface area contributed by atoms with Crippen molar-refractivity contribution < 1.29 is 9.21 Å². The number of carbonyl (C=O) groups excluding carboxylic acids is 1. The maximum absolute atomic E-state index is 11.7. The molecule has 0 aliphatic heterocycles. The monoisotopic (exact) mass is 370 g/mol. The molecule has 0 radical (unpaired) electrons. The van der Waals surface area contributed by atoms with Gasteiger partial charge in [0.2, 0.25) is 0 Å². The van der Waals surface area contributed by atoms with Crippen LogP contribution >= 0.6 is 22.6 Å². The van der Waals surface area contributed by atoms with Crippen molar-refractivity contribution in [3.8, 4) is 0 Å². The molecule has 0 saturated carbocycles. The first-order valence-corrected chi connectivity index (χ1v) is 6.99. The van der Waals surface area contributed by atoms with Gasteiger partial charge in [0.25, 0.3) is 5.91 Å². The molecular weight excluding hydrogens is 355 g/mol. The van der Waals surface area contributed by atoms with E-state index in [1.807, 2.05) is 37.3 Å². The van der Waals surface area contributed by atoms with E-state index in [0.29, 0.717) is 12.1 Å². The van der Waals surface area contributed by atoms with Crippen molar-refractivity contribution in [2.75, 3.05) is 12.4 Å². The lowest BCUT2D eigenvalue weighted by atomic mass is 10.1. The number of benzene rings is 1. The fourth-order valence-electron chi connectivity index (χ4n) is 1.84. The van der Waals surface area contributed by atoms with Crippen LogP contribution in [0.3, 0.4) is 0 Å². The van der Waals surface area contributed by atoms with Crippen molar-refractivity contribution in [3.05, 3.63) is 51.0 Å². The normalized spacial score (nSPS) is 10.3. The van der Waals surface area contributed by atoms with Gasteiger partial charge in [0.1, 0.15) is 5.76 Å². The van der Waals surface area contributed by atoms with E-state index in [2.05, 4.69) is 33.2 Å². The summed E-state index contributed by atoms with van der Waals surface area (Å²) in [5.41, 5.74) is 2.55. The molecule has 4 nitrogen and oxygen atoms in total. The molecule has 1 heterocycles. The number of hydrogen-bond acceptors (Lipinski definition) is 3. The van der Waals surface area contributed by atoms with Crippen molar-refractivity contribution in [2.24, 2.45) is 0 Å². The summed E-state index contributed by atoms with van der Waals surface area (Å²) in [5, 5.41) is 5.93. The van der Waals surface area contributed by atoms with E-state index in [-0.39, 0.29) is 5.91 Å². The van der Waals surface area contributed by atoms with E-state index >= 15 is 0 Å². The van der Waals surface area contributed by atoms with Gasteiger partial charge < -0.3 is 15.1 Å². The zero-order valence-corrected chi connectivity index (χ0v) is 12.9. The molecule has 0 spiro atoms. The largest absolute Gasteiger partial charge is 0.454 e. The zero-order chi connectivity index (χ0) is 13.8. The minimum Gasteiger partial charge on any atom is -0.454 e. The maximum Gasteiger partial charge on any atom is 0.251 e. The van der Waals surface area contributed by atoms with Crippen LogP contribution in [0.25, 0.3) is 0 Å². The van der Waals surface area contributed by atoms with Crippen LogP contribution in [0.15, 0.2) is 34.7 Å². The van der Waals surface area contributed by atoms with E-state index in [1.54, 1.807) is 7.05 Å². The number of hydrogen-bond donors (Lipinski definition) is 2. The summed E-state index contributed by atoms with van der Waals surface area (Å²) in [6, 6.07) is 9.49. The highest BCUT2D eigenvalue weighted by Gasteiger charge is 2.10. The molecule has 0 bridgehead atoms. The lowest BCUT2D eigenvalue weighted by molar-refractivity contribution is 0.0962. The number of nitrogens with one attached hydrogen (secondary N) is 2. The molecule has 1 amide bonds. The topological polar surface area (TPSA) is 54.3 Å². The molecule has 0 aliphatic rings. The lowest BCUT2D eigenvalue weighted by Gasteiger charge is -2.11. The van der Waals surface area contributed by atoms with Crippen molar-refractivity contribution in [1.29, 1.82) is 0 Å². The van der Waals surface area contributed by atoms with Gasteiger partial charge in [0.15, 0.2) is 3.77 Å². The Labute approximate surface area is 125 Å². The molecule has 1 aromatic heterocycles. The van der Waals surface area contributed by atoms with Gasteiger partial charge >= 0.3 is 0 Å². The molecule has 0 atom stereocenters. The first-order chi connectivity index (χ1) is 9.11. The maximum atomic E-state index is 11.7. The van der Waals surface area contributed by atoms with Crippen LogP contribution in [-0.4, -0.2) is 13.0 Å². The van der Waals surface area contributed by atoms with Gasteiger partial charge in [-0.05, 0) is 59.3 Å². The third kappa shape index (κ3) is 3.28. The summed E-state index contributed by atoms with van der Waals surface area (Å²) in [6.45, 7) is 2.53. The summed E-state index contributed by atoms with van der Waals surface area (Å²) in [4.78, 5) is 11.7. The van der Waals surface area contributed by atoms with Crippen LogP contribution in [0.5, 0.6) is 0 Å². The molecule has 0 unspecified atom stereocenters. The Balaban J connectivity index is 2.14. The lowest BCUT2D eigenvalue weighted by Crippen LogP contribution is -2.19. The molecule has 5 heteroatoms. The van der Waals surface area contributed by atoms with Crippen LogP contribution < -0.4 is 10.6 Å². The number of anilines is 1. The average molecular weight is 370 g/mol. The van der Waals surface area contributed by atoms with Crippen LogP contribution in [0.4, 0.5) is 5.69 Å². The van der Waals surface area contributed by atoms with Gasteiger partial charge in [-0.15, -0.1) is 0 Å². The predicted molar refractivity (Wildman–Crippen MR) is 83.3 cm³/mol. The second-order valence-electron chi connectivity index (χ2n) is 4.12. The predicted octanol–water partition coefficient (Wildman–Crippen LogP) is 3.16. The molecule has 1 aromatic carbocycles. The quantitative estimate of drug-likeness (QED) is 0.813. The smallest absolute Gasteiger partial charge is 0.251 e. The molecule has 2 rings (SSSR count). The van der Waals surface area contributed by atoms with Crippen molar-refractivity contribution in [3.63, 3.8) is 0 Å². The minimum absolute atomic E-state index is 0.0753. The van der Waals surface area contributed by atoms with Crippen LogP contribution in [0.1, 0.15) is 21.7 Å². The minimum atomic E-state index is -0.0753. The SMILES string of the molecule is CNC(=O)c1cccc(NCc2ccc(I)o2)c1C. The molecule has 2 aromatic rings. The van der Waals surface area contributed by atoms with Crippen LogP contribution in [0, 0.1) is 10.7 Å². The second-order valence-corrected chi connectivity index (χ2v) is 5.18. The first kappa shape index (κ1) is 13.9. The van der Waals surface area contributed by atoms with Gasteiger partial charge in [-0.3, -0.25) is 4.79 Å². The van der Waals surface area contributed by atoms with Crippen LogP contribution in [-0.2, 0) is 6.54 Å². The summed E-state index contributed by atoms with van der Waals surface area (Å²) in [5.74, 6) is 0.794. The van der Waals surface area contributed by atoms with E-state index in [4.69, 9.17) is 4.42 Å². The third-order valence-corrected chi connectivity index (χ3v) is 3.47. The number of rotatable bonds is 4. The standard InChI is InChI=1S/C14H15IN2O2/c1-9-11(14(18)16-2)4-3-5-12(9)17-8-10-6-7-13(15)19-10/h3-7,17H,8H2,1-2H3,(H,16,18). The summed E-state index contributed by atoms with van der Waals surface area (Å²) in [6.07, 6.45) is 0. The molecule has 0 aliphatic carbocycles. The summed E-state index contributed by atoms with van der Waals surface area (Å²) >= 11 is 2.13. The Morgan fingerprint density at radius 3 is 2.74 bits per heavy atom. The average Bonchev–Trinajstić information content (AvgIpc) is 2.82. The Morgan fingerprint density at radius 2 is 2.11 bits per heavy atom. The second kappa shape index (κ2) is 6.10. The molecule has 0 saturated heterocycles. The fraction of sp³-hybridized carbons (Fsp3) is 0.214. The van der Waals surface area contributed by atoms with E-state index in [1.165, 1.54) is 0 Å². The third-order valence-electron chi connectivity index (χ3n) is 2.89.